The van der Waals surface area contributed by atoms with Crippen LogP contribution in [0.1, 0.15) is 36.8 Å². The Morgan fingerprint density at radius 1 is 1.04 bits per heavy atom. The molecule has 24 heavy (non-hydrogen) atoms. The van der Waals surface area contributed by atoms with Crippen LogP contribution in [0, 0.1) is 5.41 Å². The van der Waals surface area contributed by atoms with E-state index in [4.69, 9.17) is 4.84 Å². The summed E-state index contributed by atoms with van der Waals surface area (Å²) in [7, 11) is 0. The van der Waals surface area contributed by atoms with Crippen molar-refractivity contribution in [1.82, 2.24) is 5.48 Å². The first-order valence-corrected chi connectivity index (χ1v) is 7.21. The number of carbonyl (C=O) groups excluding carboxylic acids is 1. The first-order chi connectivity index (χ1) is 11.1. The van der Waals surface area contributed by atoms with Crippen LogP contribution in [0.4, 0.5) is 26.3 Å². The minimum Gasteiger partial charge on any atom is -0.272 e. The largest absolute Gasteiger partial charge is 0.416 e. The molecule has 2 rings (SSSR count). The Morgan fingerprint density at radius 3 is 2.04 bits per heavy atom. The van der Waals surface area contributed by atoms with Crippen molar-refractivity contribution in [3.05, 3.63) is 35.4 Å². The van der Waals surface area contributed by atoms with E-state index < -0.39 is 29.2 Å². The van der Waals surface area contributed by atoms with Crippen LogP contribution in [-0.2, 0) is 22.4 Å². The lowest BCUT2D eigenvalue weighted by Gasteiger charge is -2.29. The molecule has 0 saturated heterocycles. The van der Waals surface area contributed by atoms with Gasteiger partial charge in [-0.1, -0.05) is 25.0 Å². The molecule has 1 amide bonds. The summed E-state index contributed by atoms with van der Waals surface area (Å²) in [5, 5.41) is 0. The van der Waals surface area contributed by atoms with Gasteiger partial charge in [0.1, 0.15) is 5.41 Å². The predicted molar refractivity (Wildman–Crippen MR) is 71.3 cm³/mol. The summed E-state index contributed by atoms with van der Waals surface area (Å²) >= 11 is 0. The van der Waals surface area contributed by atoms with Gasteiger partial charge in [0.15, 0.2) is 0 Å². The van der Waals surface area contributed by atoms with Crippen molar-refractivity contribution >= 4 is 5.91 Å². The van der Waals surface area contributed by atoms with E-state index in [2.05, 4.69) is 0 Å². The molecule has 3 nitrogen and oxygen atoms in total. The topological polar surface area (TPSA) is 38.3 Å². The zero-order chi connectivity index (χ0) is 18.0. The van der Waals surface area contributed by atoms with Gasteiger partial charge in [-0.15, -0.1) is 0 Å². The molecule has 1 aliphatic rings. The number of hydrogen-bond donors (Lipinski definition) is 1. The van der Waals surface area contributed by atoms with Crippen LogP contribution in [0.2, 0.25) is 0 Å². The molecule has 0 heterocycles. The van der Waals surface area contributed by atoms with E-state index in [1.165, 1.54) is 0 Å². The summed E-state index contributed by atoms with van der Waals surface area (Å²) in [6.45, 7) is -0.336. The Hall–Kier alpha value is -1.77. The Morgan fingerprint density at radius 2 is 1.58 bits per heavy atom. The van der Waals surface area contributed by atoms with Gasteiger partial charge in [-0.05, 0) is 30.5 Å². The second-order valence-corrected chi connectivity index (χ2v) is 5.70. The van der Waals surface area contributed by atoms with Crippen molar-refractivity contribution in [3.63, 3.8) is 0 Å². The van der Waals surface area contributed by atoms with Crippen LogP contribution in [0.25, 0.3) is 0 Å². The van der Waals surface area contributed by atoms with Crippen LogP contribution in [0.15, 0.2) is 24.3 Å². The predicted octanol–water partition coefficient (Wildman–Crippen LogP) is 4.38. The van der Waals surface area contributed by atoms with Crippen LogP contribution < -0.4 is 5.48 Å². The van der Waals surface area contributed by atoms with E-state index in [9.17, 15) is 31.1 Å². The van der Waals surface area contributed by atoms with Crippen molar-refractivity contribution in [1.29, 1.82) is 0 Å². The quantitative estimate of drug-likeness (QED) is 0.643. The van der Waals surface area contributed by atoms with Crippen molar-refractivity contribution in [2.24, 2.45) is 5.41 Å². The molecule has 1 aromatic carbocycles. The summed E-state index contributed by atoms with van der Waals surface area (Å²) in [5.74, 6) is -1.26. The fourth-order valence-electron chi connectivity index (χ4n) is 2.69. The molecule has 0 aromatic heterocycles. The van der Waals surface area contributed by atoms with E-state index in [1.54, 1.807) is 5.48 Å². The zero-order valence-corrected chi connectivity index (χ0v) is 12.4. The van der Waals surface area contributed by atoms with Gasteiger partial charge in [-0.3, -0.25) is 9.63 Å². The van der Waals surface area contributed by atoms with Gasteiger partial charge in [-0.2, -0.15) is 26.3 Å². The fraction of sp³-hybridized carbons (Fsp3) is 0.533. The average molecular weight is 355 g/mol. The van der Waals surface area contributed by atoms with Crippen LogP contribution in [0.3, 0.4) is 0 Å². The molecule has 9 heteroatoms. The molecule has 0 bridgehead atoms. The average Bonchev–Trinajstić information content (AvgIpc) is 2.97. The maximum atomic E-state index is 13.1. The lowest BCUT2D eigenvalue weighted by atomic mass is 9.84. The van der Waals surface area contributed by atoms with Crippen molar-refractivity contribution < 1.29 is 36.0 Å². The Kier molecular flexibility index (Phi) is 5.12. The van der Waals surface area contributed by atoms with Crippen molar-refractivity contribution in [2.45, 2.75) is 44.6 Å². The molecule has 1 aliphatic carbocycles. The Bertz CT molecular complexity index is 573. The van der Waals surface area contributed by atoms with Crippen LogP contribution in [0.5, 0.6) is 0 Å². The molecule has 0 radical (unpaired) electrons. The highest BCUT2D eigenvalue weighted by Crippen LogP contribution is 2.50. The Labute approximate surface area is 133 Å². The molecule has 0 atom stereocenters. The smallest absolute Gasteiger partial charge is 0.272 e. The molecule has 1 aromatic rings. The number of rotatable bonds is 4. The third kappa shape index (κ3) is 3.82. The standard InChI is InChI=1S/C15H15F6NO2/c16-14(17,18)11-5-3-10(4-6-11)9-24-22-12(23)13(15(19,20)21)7-1-2-8-13/h3-6H,1-2,7-9H2,(H,22,23). The highest BCUT2D eigenvalue weighted by atomic mass is 19.4. The zero-order valence-electron chi connectivity index (χ0n) is 12.4. The minimum absolute atomic E-state index is 0.288. The molecule has 1 fully saturated rings. The molecular weight excluding hydrogens is 340 g/mol. The number of halogens is 6. The molecule has 0 aliphatic heterocycles. The highest BCUT2D eigenvalue weighted by molar-refractivity contribution is 5.82. The second-order valence-electron chi connectivity index (χ2n) is 5.70. The summed E-state index contributed by atoms with van der Waals surface area (Å²) in [5.41, 5.74) is -1.23. The third-order valence-electron chi connectivity index (χ3n) is 4.12. The van der Waals surface area contributed by atoms with E-state index in [1.807, 2.05) is 0 Å². The maximum Gasteiger partial charge on any atom is 0.416 e. The summed E-state index contributed by atoms with van der Waals surface area (Å²) < 4.78 is 76.7. The second kappa shape index (κ2) is 6.62. The normalized spacial score (nSPS) is 17.8. The van der Waals surface area contributed by atoms with Gasteiger partial charge in [0, 0.05) is 0 Å². The van der Waals surface area contributed by atoms with Gasteiger partial charge >= 0.3 is 12.4 Å². The molecule has 0 spiro atoms. The maximum absolute atomic E-state index is 13.1. The van der Waals surface area contributed by atoms with Crippen molar-refractivity contribution in [3.8, 4) is 0 Å². The SMILES string of the molecule is O=C(NOCc1ccc(C(F)(F)F)cc1)C1(C(F)(F)F)CCCC1. The first-order valence-electron chi connectivity index (χ1n) is 7.21. The molecular formula is C15H15F6NO2. The molecule has 1 N–H and O–H groups in total. The monoisotopic (exact) mass is 355 g/mol. The van der Waals surface area contributed by atoms with Crippen molar-refractivity contribution in [2.75, 3.05) is 0 Å². The van der Waals surface area contributed by atoms with E-state index in [-0.39, 0.29) is 25.0 Å². The number of alkyl halides is 6. The van der Waals surface area contributed by atoms with Gasteiger partial charge < -0.3 is 0 Å². The van der Waals surface area contributed by atoms with Crippen LogP contribution >= 0.6 is 0 Å². The van der Waals surface area contributed by atoms with E-state index in [0.717, 1.165) is 24.3 Å². The van der Waals surface area contributed by atoms with Gasteiger partial charge in [-0.25, -0.2) is 5.48 Å². The molecule has 0 unspecified atom stereocenters. The number of nitrogens with one attached hydrogen (secondary N) is 1. The summed E-state index contributed by atoms with van der Waals surface area (Å²) in [4.78, 5) is 16.6. The number of hydroxylamine groups is 1. The fourth-order valence-corrected chi connectivity index (χ4v) is 2.69. The van der Waals surface area contributed by atoms with Gasteiger partial charge in [0.25, 0.3) is 5.91 Å². The third-order valence-corrected chi connectivity index (χ3v) is 4.12. The first kappa shape index (κ1) is 18.6. The molecule has 1 saturated carbocycles. The number of carbonyl (C=O) groups is 1. The molecule has 134 valence electrons. The lowest BCUT2D eigenvalue weighted by molar-refractivity contribution is -0.225. The number of benzene rings is 1. The lowest BCUT2D eigenvalue weighted by Crippen LogP contribution is -2.49. The number of amides is 1. The summed E-state index contributed by atoms with van der Waals surface area (Å²) in [6.07, 6.45) is -9.16. The number of hydrogen-bond acceptors (Lipinski definition) is 2. The van der Waals surface area contributed by atoms with Gasteiger partial charge in [0.05, 0.1) is 12.2 Å². The Balaban J connectivity index is 1.93. The van der Waals surface area contributed by atoms with Gasteiger partial charge in [0.2, 0.25) is 0 Å². The minimum atomic E-state index is -4.68. The highest BCUT2D eigenvalue weighted by Gasteiger charge is 2.61. The van der Waals surface area contributed by atoms with Crippen LogP contribution in [-0.4, -0.2) is 12.1 Å². The van der Waals surface area contributed by atoms with E-state index in [0.29, 0.717) is 12.8 Å². The summed E-state index contributed by atoms with van der Waals surface area (Å²) in [6, 6.07) is 3.91. The van der Waals surface area contributed by atoms with E-state index >= 15 is 0 Å².